The van der Waals surface area contributed by atoms with Gasteiger partial charge in [0.15, 0.2) is 0 Å². The van der Waals surface area contributed by atoms with Crippen molar-refractivity contribution >= 4 is 23.6 Å². The number of hydrogen-bond acceptors (Lipinski definition) is 2. The Labute approximate surface area is 165 Å². The number of nitriles is 1. The number of nitrogens with one attached hydrogen (secondary N) is 1. The third kappa shape index (κ3) is 4.43. The van der Waals surface area contributed by atoms with E-state index in [1.807, 2.05) is 44.2 Å². The minimum absolute atomic E-state index is 0.150. The Morgan fingerprint density at radius 2 is 1.89 bits per heavy atom. The molecule has 0 spiro atoms. The molecule has 1 heterocycles. The van der Waals surface area contributed by atoms with E-state index < -0.39 is 0 Å². The number of halogens is 1. The highest BCUT2D eigenvalue weighted by molar-refractivity contribution is 6.30. The van der Waals surface area contributed by atoms with Gasteiger partial charge in [-0.25, -0.2) is 0 Å². The maximum atomic E-state index is 12.5. The Hall–Kier alpha value is -2.51. The minimum Gasteiger partial charge on any atom is -0.349 e. The smallest absolute Gasteiger partial charge is 0.262 e. The van der Waals surface area contributed by atoms with Crippen LogP contribution in [0.3, 0.4) is 0 Å². The maximum Gasteiger partial charge on any atom is 0.262 e. The van der Waals surface area contributed by atoms with Crippen molar-refractivity contribution < 1.29 is 4.79 Å². The first-order valence-corrected chi connectivity index (χ1v) is 9.75. The van der Waals surface area contributed by atoms with Gasteiger partial charge in [-0.2, -0.15) is 5.26 Å². The maximum absolute atomic E-state index is 12.5. The van der Waals surface area contributed by atoms with E-state index in [2.05, 4.69) is 16.0 Å². The second-order valence-electron chi connectivity index (χ2n) is 7.12. The number of carbonyl (C=O) groups is 1. The molecular formula is C22H24ClN3O. The van der Waals surface area contributed by atoms with Crippen molar-refractivity contribution in [2.75, 3.05) is 0 Å². The lowest BCUT2D eigenvalue weighted by molar-refractivity contribution is -0.117. The molecule has 3 rings (SSSR count). The summed E-state index contributed by atoms with van der Waals surface area (Å²) in [7, 11) is 0. The number of hydrogen-bond donors (Lipinski definition) is 1. The van der Waals surface area contributed by atoms with Crippen molar-refractivity contribution in [1.29, 1.82) is 5.26 Å². The van der Waals surface area contributed by atoms with Gasteiger partial charge in [-0.05, 0) is 68.7 Å². The van der Waals surface area contributed by atoms with E-state index >= 15 is 0 Å². The Kier molecular flexibility index (Phi) is 6.03. The van der Waals surface area contributed by atoms with Crippen LogP contribution in [0, 0.1) is 25.2 Å². The molecule has 1 aromatic carbocycles. The fourth-order valence-electron chi connectivity index (χ4n) is 3.74. The molecule has 27 heavy (non-hydrogen) atoms. The zero-order valence-corrected chi connectivity index (χ0v) is 16.5. The number of rotatable bonds is 4. The molecule has 4 nitrogen and oxygen atoms in total. The summed E-state index contributed by atoms with van der Waals surface area (Å²) >= 11 is 5.99. The largest absolute Gasteiger partial charge is 0.349 e. The predicted molar refractivity (Wildman–Crippen MR) is 109 cm³/mol. The van der Waals surface area contributed by atoms with Crippen molar-refractivity contribution in [2.45, 2.75) is 52.0 Å². The van der Waals surface area contributed by atoms with Gasteiger partial charge in [-0.1, -0.05) is 30.9 Å². The van der Waals surface area contributed by atoms with Crippen molar-refractivity contribution in [3.8, 4) is 11.8 Å². The van der Waals surface area contributed by atoms with Crippen LogP contribution < -0.4 is 5.32 Å². The van der Waals surface area contributed by atoms with Crippen LogP contribution in [0.4, 0.5) is 0 Å². The lowest BCUT2D eigenvalue weighted by Crippen LogP contribution is -2.36. The van der Waals surface area contributed by atoms with Crippen LogP contribution in [-0.4, -0.2) is 16.5 Å². The molecule has 2 aromatic rings. The predicted octanol–water partition coefficient (Wildman–Crippen LogP) is 5.10. The first-order chi connectivity index (χ1) is 13.0. The van der Waals surface area contributed by atoms with Gasteiger partial charge in [0.2, 0.25) is 0 Å². The lowest BCUT2D eigenvalue weighted by atomic mass is 9.95. The van der Waals surface area contributed by atoms with Crippen molar-refractivity contribution in [3.63, 3.8) is 0 Å². The standard InChI is InChI=1S/C22H24ClN3O/c1-15-12-17(16(2)26(15)21-10-8-19(23)9-11-21)13-18(14-24)22(27)25-20-6-4-3-5-7-20/h8-13,20H,3-7H2,1-2H3,(H,25,27)/b18-13+. The summed E-state index contributed by atoms with van der Waals surface area (Å²) in [6, 6.07) is 11.9. The Morgan fingerprint density at radius 1 is 1.22 bits per heavy atom. The summed E-state index contributed by atoms with van der Waals surface area (Å²) in [5.41, 5.74) is 4.04. The summed E-state index contributed by atoms with van der Waals surface area (Å²) in [6.07, 6.45) is 7.18. The molecule has 0 saturated heterocycles. The van der Waals surface area contributed by atoms with E-state index in [-0.39, 0.29) is 17.5 Å². The van der Waals surface area contributed by atoms with E-state index in [4.69, 9.17) is 11.6 Å². The first-order valence-electron chi connectivity index (χ1n) is 9.37. The molecule has 0 aliphatic heterocycles. The van der Waals surface area contributed by atoms with Crippen molar-refractivity contribution in [3.05, 3.63) is 57.9 Å². The molecule has 1 amide bonds. The zero-order chi connectivity index (χ0) is 19.4. The topological polar surface area (TPSA) is 57.8 Å². The SMILES string of the molecule is Cc1cc(/C=C(\C#N)C(=O)NC2CCCCC2)c(C)n1-c1ccc(Cl)cc1. The fraction of sp³-hybridized carbons (Fsp3) is 0.364. The molecule has 1 saturated carbocycles. The highest BCUT2D eigenvalue weighted by atomic mass is 35.5. The van der Waals surface area contributed by atoms with E-state index in [1.54, 1.807) is 6.08 Å². The number of aryl methyl sites for hydroxylation is 1. The molecule has 0 unspecified atom stereocenters. The summed E-state index contributed by atoms with van der Waals surface area (Å²) in [5, 5.41) is 13.2. The zero-order valence-electron chi connectivity index (χ0n) is 15.8. The van der Waals surface area contributed by atoms with Gasteiger partial charge in [-0.15, -0.1) is 0 Å². The molecule has 1 aliphatic carbocycles. The number of carbonyl (C=O) groups excluding carboxylic acids is 1. The van der Waals surface area contributed by atoms with Crippen LogP contribution in [0.2, 0.25) is 5.02 Å². The van der Waals surface area contributed by atoms with Crippen LogP contribution >= 0.6 is 11.6 Å². The first kappa shape index (κ1) is 19.3. The van der Waals surface area contributed by atoms with Crippen LogP contribution in [0.15, 0.2) is 35.9 Å². The molecule has 1 aliphatic rings. The van der Waals surface area contributed by atoms with Crippen LogP contribution in [0.5, 0.6) is 0 Å². The molecule has 140 valence electrons. The second-order valence-corrected chi connectivity index (χ2v) is 7.55. The van der Waals surface area contributed by atoms with Crippen molar-refractivity contribution in [1.82, 2.24) is 9.88 Å². The summed E-state index contributed by atoms with van der Waals surface area (Å²) < 4.78 is 2.09. The third-order valence-electron chi connectivity index (χ3n) is 5.16. The summed E-state index contributed by atoms with van der Waals surface area (Å²) in [5.74, 6) is -0.277. The fourth-order valence-corrected chi connectivity index (χ4v) is 3.86. The van der Waals surface area contributed by atoms with E-state index in [9.17, 15) is 10.1 Å². The second kappa shape index (κ2) is 8.45. The Balaban J connectivity index is 1.86. The van der Waals surface area contributed by atoms with Gasteiger partial charge in [0.25, 0.3) is 5.91 Å². The van der Waals surface area contributed by atoms with Crippen molar-refractivity contribution in [2.24, 2.45) is 0 Å². The molecule has 5 heteroatoms. The molecule has 1 fully saturated rings. The van der Waals surface area contributed by atoms with Gasteiger partial charge < -0.3 is 9.88 Å². The monoisotopic (exact) mass is 381 g/mol. The Morgan fingerprint density at radius 3 is 2.52 bits per heavy atom. The third-order valence-corrected chi connectivity index (χ3v) is 5.41. The summed E-state index contributed by atoms with van der Waals surface area (Å²) in [6.45, 7) is 3.99. The number of nitrogens with zero attached hydrogens (tertiary/aromatic N) is 2. The molecule has 1 aromatic heterocycles. The summed E-state index contributed by atoms with van der Waals surface area (Å²) in [4.78, 5) is 12.5. The highest BCUT2D eigenvalue weighted by Gasteiger charge is 2.19. The molecule has 0 radical (unpaired) electrons. The van der Waals surface area contributed by atoms with Crippen LogP contribution in [-0.2, 0) is 4.79 Å². The number of benzene rings is 1. The van der Waals surface area contributed by atoms with Crippen LogP contribution in [0.25, 0.3) is 11.8 Å². The average molecular weight is 382 g/mol. The number of aromatic nitrogens is 1. The lowest BCUT2D eigenvalue weighted by Gasteiger charge is -2.22. The molecule has 0 atom stereocenters. The quantitative estimate of drug-likeness (QED) is 0.591. The highest BCUT2D eigenvalue weighted by Crippen LogP contribution is 2.24. The normalized spacial score (nSPS) is 15.4. The Bertz CT molecular complexity index is 897. The van der Waals surface area contributed by atoms with Gasteiger partial charge >= 0.3 is 0 Å². The average Bonchev–Trinajstić information content (AvgIpc) is 2.94. The van der Waals surface area contributed by atoms with Gasteiger partial charge in [0, 0.05) is 28.1 Å². The molecule has 1 N–H and O–H groups in total. The van der Waals surface area contributed by atoms with E-state index in [0.717, 1.165) is 48.3 Å². The van der Waals surface area contributed by atoms with Gasteiger partial charge in [-0.3, -0.25) is 4.79 Å². The number of amides is 1. The molecule has 0 bridgehead atoms. The molecular weight excluding hydrogens is 358 g/mol. The van der Waals surface area contributed by atoms with Gasteiger partial charge in [0.05, 0.1) is 0 Å². The minimum atomic E-state index is -0.277. The van der Waals surface area contributed by atoms with E-state index in [0.29, 0.717) is 5.02 Å². The van der Waals surface area contributed by atoms with Crippen LogP contribution in [0.1, 0.15) is 49.1 Å². The van der Waals surface area contributed by atoms with E-state index in [1.165, 1.54) is 6.42 Å². The van der Waals surface area contributed by atoms with Gasteiger partial charge in [0.1, 0.15) is 11.6 Å².